The number of fused-ring (bicyclic) bond motifs is 1. The highest BCUT2D eigenvalue weighted by Crippen LogP contribution is 2.25. The highest BCUT2D eigenvalue weighted by Gasteiger charge is 2.34. The van der Waals surface area contributed by atoms with E-state index >= 15 is 0 Å². The van der Waals surface area contributed by atoms with Crippen molar-refractivity contribution < 1.29 is 14.1 Å². The van der Waals surface area contributed by atoms with E-state index in [1.54, 1.807) is 0 Å². The molecule has 0 saturated heterocycles. The number of carboxylic acid groups (broad SMARTS) is 1. The Hall–Kier alpha value is -1.27. The average molecular weight is 283 g/mol. The van der Waals surface area contributed by atoms with Gasteiger partial charge in [0.25, 0.3) is 0 Å². The van der Waals surface area contributed by atoms with Crippen LogP contribution in [0.3, 0.4) is 0 Å². The molecule has 96 valence electrons. The lowest BCUT2D eigenvalue weighted by atomic mass is 10.2. The number of hydrogen-bond donors (Lipinski definition) is 1. The minimum atomic E-state index is -1.49. The average Bonchev–Trinajstić information content (AvgIpc) is 2.70. The minimum Gasteiger partial charge on any atom is -0.480 e. The quantitative estimate of drug-likeness (QED) is 0.935. The lowest BCUT2D eigenvalue weighted by Crippen LogP contribution is -2.37. The van der Waals surface area contributed by atoms with Gasteiger partial charge in [-0.05, 0) is 26.0 Å². The largest absolute Gasteiger partial charge is 0.480 e. The van der Waals surface area contributed by atoms with Gasteiger partial charge < -0.3 is 5.11 Å². The Morgan fingerprint density at radius 3 is 2.72 bits per heavy atom. The summed E-state index contributed by atoms with van der Waals surface area (Å²) in [6.45, 7) is 2.94. The Labute approximate surface area is 111 Å². The summed E-state index contributed by atoms with van der Waals surface area (Å²) in [4.78, 5) is 15.4. The molecule has 0 aliphatic rings. The van der Waals surface area contributed by atoms with Gasteiger partial charge in [0.2, 0.25) is 0 Å². The van der Waals surface area contributed by atoms with E-state index in [1.807, 2.05) is 24.3 Å². The maximum absolute atomic E-state index is 12.0. The predicted octanol–water partition coefficient (Wildman–Crippen LogP) is 2.41. The van der Waals surface area contributed by atoms with Crippen LogP contribution in [0, 0.1) is 0 Å². The lowest BCUT2D eigenvalue weighted by Gasteiger charge is -2.17. The minimum absolute atomic E-state index is 0.179. The van der Waals surface area contributed by atoms with E-state index in [2.05, 4.69) is 4.98 Å². The molecule has 1 aromatic heterocycles. The molecule has 0 saturated carbocycles. The molecule has 0 fully saturated rings. The van der Waals surface area contributed by atoms with E-state index in [9.17, 15) is 9.00 Å². The summed E-state index contributed by atoms with van der Waals surface area (Å²) in [6.07, 6.45) is 0. The van der Waals surface area contributed by atoms with Crippen molar-refractivity contribution in [1.82, 2.24) is 4.98 Å². The molecule has 1 heterocycles. The van der Waals surface area contributed by atoms with Gasteiger partial charge in [0.05, 0.1) is 16.0 Å². The topological polar surface area (TPSA) is 67.3 Å². The van der Waals surface area contributed by atoms with Crippen LogP contribution in [-0.2, 0) is 21.3 Å². The fraction of sp³-hybridized carbons (Fsp3) is 0.333. The number of aliphatic carboxylic acids is 1. The number of carbonyl (C=O) groups is 1. The molecule has 1 unspecified atom stereocenters. The van der Waals surface area contributed by atoms with E-state index < -0.39 is 21.5 Å². The molecule has 4 nitrogen and oxygen atoms in total. The smallest absolute Gasteiger partial charge is 0.321 e. The third-order valence-corrected chi connectivity index (χ3v) is 5.74. The van der Waals surface area contributed by atoms with Gasteiger partial charge in [-0.1, -0.05) is 12.1 Å². The summed E-state index contributed by atoms with van der Waals surface area (Å²) in [5.41, 5.74) is 0.864. The van der Waals surface area contributed by atoms with Gasteiger partial charge >= 0.3 is 5.97 Å². The number of benzene rings is 1. The van der Waals surface area contributed by atoms with Crippen molar-refractivity contribution in [3.8, 4) is 0 Å². The highest BCUT2D eigenvalue weighted by molar-refractivity contribution is 7.86. The van der Waals surface area contributed by atoms with Crippen molar-refractivity contribution >= 4 is 38.3 Å². The molecule has 0 aliphatic carbocycles. The number of aromatic nitrogens is 1. The number of rotatable bonds is 4. The zero-order valence-electron chi connectivity index (χ0n) is 10.0. The molecule has 0 bridgehead atoms. The molecule has 0 aliphatic heterocycles. The maximum Gasteiger partial charge on any atom is 0.321 e. The number of carboxylic acids is 1. The van der Waals surface area contributed by atoms with E-state index in [-0.39, 0.29) is 5.75 Å². The molecular weight excluding hydrogens is 270 g/mol. The molecule has 1 aromatic carbocycles. The molecule has 1 atom stereocenters. The molecule has 0 amide bonds. The van der Waals surface area contributed by atoms with Crippen LogP contribution in [0.1, 0.15) is 18.9 Å². The Morgan fingerprint density at radius 1 is 1.44 bits per heavy atom. The van der Waals surface area contributed by atoms with Crippen LogP contribution in [0.4, 0.5) is 0 Å². The molecule has 18 heavy (non-hydrogen) atoms. The second kappa shape index (κ2) is 4.78. The van der Waals surface area contributed by atoms with E-state index in [0.717, 1.165) is 10.2 Å². The summed E-state index contributed by atoms with van der Waals surface area (Å²) in [6, 6.07) is 7.65. The SMILES string of the molecule is CC(C)(C(=O)O)S(=O)Cc1nc2ccccc2s1. The van der Waals surface area contributed by atoms with E-state index in [4.69, 9.17) is 5.11 Å². The van der Waals surface area contributed by atoms with Crippen molar-refractivity contribution in [1.29, 1.82) is 0 Å². The van der Waals surface area contributed by atoms with Crippen LogP contribution in [-0.4, -0.2) is 25.0 Å². The van der Waals surface area contributed by atoms with Crippen LogP contribution in [0.25, 0.3) is 10.2 Å². The third-order valence-electron chi connectivity index (χ3n) is 2.68. The molecule has 0 spiro atoms. The third kappa shape index (κ3) is 2.44. The van der Waals surface area contributed by atoms with Crippen molar-refractivity contribution in [3.05, 3.63) is 29.3 Å². The van der Waals surface area contributed by atoms with E-state index in [1.165, 1.54) is 25.2 Å². The first kappa shape index (κ1) is 13.2. The van der Waals surface area contributed by atoms with Gasteiger partial charge in [-0.2, -0.15) is 0 Å². The second-order valence-electron chi connectivity index (χ2n) is 4.38. The molecule has 2 aromatic rings. The van der Waals surface area contributed by atoms with Gasteiger partial charge in [0.15, 0.2) is 0 Å². The van der Waals surface area contributed by atoms with E-state index in [0.29, 0.717) is 5.01 Å². The normalized spacial score (nSPS) is 13.7. The summed E-state index contributed by atoms with van der Waals surface area (Å²) < 4.78 is 11.8. The highest BCUT2D eigenvalue weighted by atomic mass is 32.2. The Morgan fingerprint density at radius 2 is 2.11 bits per heavy atom. The van der Waals surface area contributed by atoms with Crippen LogP contribution in [0.5, 0.6) is 0 Å². The predicted molar refractivity (Wildman–Crippen MR) is 73.2 cm³/mol. The molecule has 2 rings (SSSR count). The number of thiazole rings is 1. The zero-order chi connectivity index (χ0) is 13.3. The number of nitrogens with zero attached hydrogens (tertiary/aromatic N) is 1. The van der Waals surface area contributed by atoms with Crippen LogP contribution >= 0.6 is 11.3 Å². The van der Waals surface area contributed by atoms with Gasteiger partial charge in [0, 0.05) is 10.8 Å². The van der Waals surface area contributed by atoms with Gasteiger partial charge in [-0.3, -0.25) is 9.00 Å². The summed E-state index contributed by atoms with van der Waals surface area (Å²) >= 11 is 1.46. The maximum atomic E-state index is 12.0. The summed E-state index contributed by atoms with van der Waals surface area (Å²) in [5, 5.41) is 9.73. The first-order chi connectivity index (χ1) is 8.41. The van der Waals surface area contributed by atoms with Crippen LogP contribution in [0.2, 0.25) is 0 Å². The molecule has 1 N–H and O–H groups in total. The Balaban J connectivity index is 2.24. The number of para-hydroxylation sites is 1. The van der Waals surface area contributed by atoms with Gasteiger partial charge in [0.1, 0.15) is 9.75 Å². The van der Waals surface area contributed by atoms with Gasteiger partial charge in [-0.15, -0.1) is 11.3 Å². The van der Waals surface area contributed by atoms with Crippen molar-refractivity contribution in [2.75, 3.05) is 0 Å². The second-order valence-corrected chi connectivity index (χ2v) is 7.50. The fourth-order valence-corrected chi connectivity index (χ4v) is 3.54. The standard InChI is InChI=1S/C12H13NO3S2/c1-12(2,11(14)15)18(16)7-10-13-8-5-3-4-6-9(8)17-10/h3-6H,7H2,1-2H3,(H,14,15). The lowest BCUT2D eigenvalue weighted by molar-refractivity contribution is -0.139. The Bertz CT molecular complexity index is 586. The summed E-state index contributed by atoms with van der Waals surface area (Å²) in [5.74, 6) is -0.875. The molecule has 0 radical (unpaired) electrons. The van der Waals surface area contributed by atoms with Crippen molar-refractivity contribution in [3.63, 3.8) is 0 Å². The van der Waals surface area contributed by atoms with Crippen LogP contribution in [0.15, 0.2) is 24.3 Å². The van der Waals surface area contributed by atoms with Crippen molar-refractivity contribution in [2.45, 2.75) is 24.3 Å². The summed E-state index contributed by atoms with van der Waals surface area (Å²) in [7, 11) is -1.49. The molecular formula is C12H13NO3S2. The van der Waals surface area contributed by atoms with Crippen LogP contribution < -0.4 is 0 Å². The first-order valence-electron chi connectivity index (χ1n) is 5.37. The zero-order valence-corrected chi connectivity index (χ0v) is 11.7. The number of hydrogen-bond acceptors (Lipinski definition) is 4. The monoisotopic (exact) mass is 283 g/mol. The fourth-order valence-electron chi connectivity index (χ4n) is 1.37. The van der Waals surface area contributed by atoms with Gasteiger partial charge in [-0.25, -0.2) is 4.98 Å². The first-order valence-corrected chi connectivity index (χ1v) is 7.51. The molecule has 6 heteroatoms. The Kier molecular flexibility index (Phi) is 3.49. The van der Waals surface area contributed by atoms with Crippen molar-refractivity contribution in [2.24, 2.45) is 0 Å².